The first-order chi connectivity index (χ1) is 7.24. The molecule has 1 aromatic carbocycles. The quantitative estimate of drug-likeness (QED) is 0.800. The van der Waals surface area contributed by atoms with Crippen LogP contribution in [-0.4, -0.2) is 24.6 Å². The fourth-order valence-corrected chi connectivity index (χ4v) is 2.46. The van der Waals surface area contributed by atoms with Crippen LogP contribution in [0.2, 0.25) is 0 Å². The molecule has 0 amide bonds. The Kier molecular flexibility index (Phi) is 5.43. The van der Waals surface area contributed by atoms with Gasteiger partial charge in [0, 0.05) is 11.5 Å². The van der Waals surface area contributed by atoms with E-state index >= 15 is 0 Å². The number of hydrogen-bond donors (Lipinski definition) is 1. The van der Waals surface area contributed by atoms with Gasteiger partial charge >= 0.3 is 0 Å². The highest BCUT2D eigenvalue weighted by Gasteiger charge is 2.10. The molecule has 0 aliphatic rings. The van der Waals surface area contributed by atoms with Crippen molar-refractivity contribution < 1.29 is 4.79 Å². The lowest BCUT2D eigenvalue weighted by molar-refractivity contribution is -0.118. The third kappa shape index (κ3) is 4.49. The van der Waals surface area contributed by atoms with Crippen molar-refractivity contribution in [2.24, 2.45) is 0 Å². The van der Waals surface area contributed by atoms with Gasteiger partial charge in [0.25, 0.3) is 0 Å². The van der Waals surface area contributed by atoms with Crippen LogP contribution >= 0.6 is 11.8 Å². The van der Waals surface area contributed by atoms with Crippen LogP contribution in [0.15, 0.2) is 30.3 Å². The van der Waals surface area contributed by atoms with E-state index < -0.39 is 0 Å². The molecule has 82 valence electrons. The Bertz CT molecular complexity index is 300. The summed E-state index contributed by atoms with van der Waals surface area (Å²) in [5, 5.41) is 3.02. The molecule has 0 bridgehead atoms. The lowest BCUT2D eigenvalue weighted by Crippen LogP contribution is -2.34. The number of likely N-dealkylation sites (N-methyl/N-ethyl adjacent to an activating group) is 1. The van der Waals surface area contributed by atoms with Crippen LogP contribution in [0.5, 0.6) is 0 Å². The number of hydrogen-bond acceptors (Lipinski definition) is 3. The zero-order chi connectivity index (χ0) is 11.1. The van der Waals surface area contributed by atoms with Gasteiger partial charge in [0.1, 0.15) is 5.78 Å². The van der Waals surface area contributed by atoms with Crippen LogP contribution < -0.4 is 5.32 Å². The summed E-state index contributed by atoms with van der Waals surface area (Å²) in [6, 6.07) is 10.3. The Hall–Kier alpha value is -0.800. The maximum atomic E-state index is 11.1. The molecule has 15 heavy (non-hydrogen) atoms. The second kappa shape index (κ2) is 6.64. The standard InChI is InChI=1S/C12H17NOS/c1-10(14)12(13-2)9-15-8-11-6-4-3-5-7-11/h3-7,12-13H,8-9H2,1-2H3. The first-order valence-electron chi connectivity index (χ1n) is 5.03. The smallest absolute Gasteiger partial charge is 0.147 e. The summed E-state index contributed by atoms with van der Waals surface area (Å²) in [6.07, 6.45) is 0. The summed E-state index contributed by atoms with van der Waals surface area (Å²) in [5.41, 5.74) is 1.31. The van der Waals surface area contributed by atoms with Crippen LogP contribution in [0.25, 0.3) is 0 Å². The van der Waals surface area contributed by atoms with E-state index in [1.807, 2.05) is 25.2 Å². The summed E-state index contributed by atoms with van der Waals surface area (Å²) in [5.74, 6) is 2.01. The predicted octanol–water partition coefficient (Wildman–Crippen LogP) is 2.10. The van der Waals surface area contributed by atoms with Crippen LogP contribution in [0.1, 0.15) is 12.5 Å². The average Bonchev–Trinajstić information content (AvgIpc) is 2.25. The van der Waals surface area contributed by atoms with E-state index in [1.165, 1.54) is 5.56 Å². The normalized spacial score (nSPS) is 12.4. The van der Waals surface area contributed by atoms with Crippen LogP contribution in [0.3, 0.4) is 0 Å². The Morgan fingerprint density at radius 3 is 2.60 bits per heavy atom. The molecule has 3 heteroatoms. The zero-order valence-corrected chi connectivity index (χ0v) is 10.0. The van der Waals surface area contributed by atoms with Gasteiger partial charge in [-0.25, -0.2) is 0 Å². The number of carbonyl (C=O) groups is 1. The Labute approximate surface area is 95.5 Å². The minimum absolute atomic E-state index is 0.0151. The van der Waals surface area contributed by atoms with Gasteiger partial charge in [0.05, 0.1) is 6.04 Å². The largest absolute Gasteiger partial charge is 0.310 e. The topological polar surface area (TPSA) is 29.1 Å². The van der Waals surface area contributed by atoms with Gasteiger partial charge in [-0.05, 0) is 19.5 Å². The van der Waals surface area contributed by atoms with Gasteiger partial charge in [0.15, 0.2) is 0 Å². The lowest BCUT2D eigenvalue weighted by Gasteiger charge is -2.11. The summed E-state index contributed by atoms with van der Waals surface area (Å²) in [7, 11) is 1.83. The van der Waals surface area contributed by atoms with Gasteiger partial charge in [-0.3, -0.25) is 4.79 Å². The summed E-state index contributed by atoms with van der Waals surface area (Å²) < 4.78 is 0. The maximum Gasteiger partial charge on any atom is 0.147 e. The van der Waals surface area contributed by atoms with Crippen molar-refractivity contribution >= 4 is 17.5 Å². The molecule has 0 fully saturated rings. The van der Waals surface area contributed by atoms with E-state index in [-0.39, 0.29) is 11.8 Å². The zero-order valence-electron chi connectivity index (χ0n) is 9.19. The fourth-order valence-electron chi connectivity index (χ4n) is 1.27. The molecule has 0 radical (unpaired) electrons. The highest BCUT2D eigenvalue weighted by atomic mass is 32.2. The second-order valence-corrected chi connectivity index (χ2v) is 4.48. The van der Waals surface area contributed by atoms with Gasteiger partial charge in [-0.2, -0.15) is 11.8 Å². The molecule has 0 heterocycles. The maximum absolute atomic E-state index is 11.1. The first kappa shape index (κ1) is 12.3. The predicted molar refractivity (Wildman–Crippen MR) is 66.1 cm³/mol. The molecule has 1 N–H and O–H groups in total. The molecule has 0 saturated heterocycles. The SMILES string of the molecule is CNC(CSCc1ccccc1)C(C)=O. The van der Waals surface area contributed by atoms with Crippen LogP contribution in [-0.2, 0) is 10.5 Å². The number of thioether (sulfide) groups is 1. The minimum atomic E-state index is -0.0151. The molecule has 0 aliphatic heterocycles. The van der Waals surface area contributed by atoms with Gasteiger partial charge in [-0.1, -0.05) is 30.3 Å². The molecule has 1 rings (SSSR count). The highest BCUT2D eigenvalue weighted by molar-refractivity contribution is 7.98. The minimum Gasteiger partial charge on any atom is -0.310 e. The highest BCUT2D eigenvalue weighted by Crippen LogP contribution is 2.12. The van der Waals surface area contributed by atoms with E-state index in [9.17, 15) is 4.79 Å². The molecular weight excluding hydrogens is 206 g/mol. The number of benzene rings is 1. The van der Waals surface area contributed by atoms with Crippen molar-refractivity contribution in [1.29, 1.82) is 0 Å². The van der Waals surface area contributed by atoms with E-state index in [0.717, 1.165) is 11.5 Å². The second-order valence-electron chi connectivity index (χ2n) is 3.45. The van der Waals surface area contributed by atoms with E-state index in [4.69, 9.17) is 0 Å². The monoisotopic (exact) mass is 223 g/mol. The van der Waals surface area contributed by atoms with Crippen molar-refractivity contribution in [3.05, 3.63) is 35.9 Å². The molecule has 0 aromatic heterocycles. The Morgan fingerprint density at radius 1 is 1.40 bits per heavy atom. The van der Waals surface area contributed by atoms with Crippen molar-refractivity contribution in [2.45, 2.75) is 18.7 Å². The first-order valence-corrected chi connectivity index (χ1v) is 6.19. The molecular formula is C12H17NOS. The lowest BCUT2D eigenvalue weighted by atomic mass is 10.2. The van der Waals surface area contributed by atoms with E-state index in [1.54, 1.807) is 18.7 Å². The summed E-state index contributed by atoms with van der Waals surface area (Å²) >= 11 is 1.78. The molecule has 1 atom stereocenters. The molecule has 0 aliphatic carbocycles. The molecule has 1 aromatic rings. The number of Topliss-reactive ketones (excluding diaryl/α,β-unsaturated/α-hetero) is 1. The molecule has 2 nitrogen and oxygen atoms in total. The third-order valence-electron chi connectivity index (χ3n) is 2.24. The van der Waals surface area contributed by atoms with Gasteiger partial charge in [0.2, 0.25) is 0 Å². The van der Waals surface area contributed by atoms with E-state index in [2.05, 4.69) is 17.4 Å². The summed E-state index contributed by atoms with van der Waals surface area (Å²) in [4.78, 5) is 11.1. The van der Waals surface area contributed by atoms with E-state index in [0.29, 0.717) is 0 Å². The van der Waals surface area contributed by atoms with Crippen molar-refractivity contribution in [3.63, 3.8) is 0 Å². The average molecular weight is 223 g/mol. The number of rotatable bonds is 6. The van der Waals surface area contributed by atoms with Crippen molar-refractivity contribution in [2.75, 3.05) is 12.8 Å². The van der Waals surface area contributed by atoms with Crippen LogP contribution in [0, 0.1) is 0 Å². The molecule has 1 unspecified atom stereocenters. The molecule has 0 saturated carbocycles. The van der Waals surface area contributed by atoms with Gasteiger partial charge in [-0.15, -0.1) is 0 Å². The summed E-state index contributed by atoms with van der Waals surface area (Å²) in [6.45, 7) is 1.63. The number of carbonyl (C=O) groups excluding carboxylic acids is 1. The fraction of sp³-hybridized carbons (Fsp3) is 0.417. The number of ketones is 1. The Morgan fingerprint density at radius 2 is 2.07 bits per heavy atom. The van der Waals surface area contributed by atoms with Crippen molar-refractivity contribution in [3.8, 4) is 0 Å². The van der Waals surface area contributed by atoms with Crippen molar-refractivity contribution in [1.82, 2.24) is 5.32 Å². The van der Waals surface area contributed by atoms with Gasteiger partial charge < -0.3 is 5.32 Å². The van der Waals surface area contributed by atoms with Crippen LogP contribution in [0.4, 0.5) is 0 Å². The number of nitrogens with one attached hydrogen (secondary N) is 1. The third-order valence-corrected chi connectivity index (χ3v) is 3.34. The Balaban J connectivity index is 2.30. The molecule has 0 spiro atoms.